The number of aliphatic hydroxyl groups is 1. The first kappa shape index (κ1) is 13.9. The van der Waals surface area contributed by atoms with Gasteiger partial charge in [-0.3, -0.25) is 0 Å². The van der Waals surface area contributed by atoms with Gasteiger partial charge in [0.2, 0.25) is 0 Å². The van der Waals surface area contributed by atoms with E-state index in [2.05, 4.69) is 17.6 Å². The zero-order chi connectivity index (χ0) is 13.9. The van der Waals surface area contributed by atoms with E-state index >= 15 is 0 Å². The van der Waals surface area contributed by atoms with Gasteiger partial charge in [-0.05, 0) is 49.3 Å². The first-order valence-electron chi connectivity index (χ1n) is 6.87. The summed E-state index contributed by atoms with van der Waals surface area (Å²) in [5.41, 5.74) is 1.85. The molecule has 1 aromatic rings. The molecule has 0 aromatic heterocycles. The van der Waals surface area contributed by atoms with E-state index in [4.69, 9.17) is 0 Å². The van der Waals surface area contributed by atoms with E-state index in [0.29, 0.717) is 11.1 Å². The lowest BCUT2D eigenvalue weighted by Gasteiger charge is -2.14. The molecule has 2 amide bonds. The van der Waals surface area contributed by atoms with Crippen molar-refractivity contribution >= 4 is 11.7 Å². The standard InChI is InChI=1S/C15H22N2O2/c1-3-15(7-8-15)10-16-14(19)17-13-6-4-5-12(9-13)11(2)18/h4-6,9,11,18H,3,7-8,10H2,1-2H3,(H2,16,17,19). The lowest BCUT2D eigenvalue weighted by atomic mass is 10.0. The SMILES string of the molecule is CCC1(CNC(=O)Nc2cccc(C(C)O)c2)CC1. The maximum absolute atomic E-state index is 11.8. The van der Waals surface area contributed by atoms with E-state index in [1.54, 1.807) is 13.0 Å². The number of hydrogen-bond donors (Lipinski definition) is 3. The summed E-state index contributed by atoms with van der Waals surface area (Å²) in [6, 6.07) is 7.09. The minimum Gasteiger partial charge on any atom is -0.389 e. The van der Waals surface area contributed by atoms with E-state index in [0.717, 1.165) is 18.5 Å². The molecule has 4 nitrogen and oxygen atoms in total. The van der Waals surface area contributed by atoms with Crippen molar-refractivity contribution in [2.45, 2.75) is 39.2 Å². The lowest BCUT2D eigenvalue weighted by molar-refractivity contribution is 0.199. The largest absolute Gasteiger partial charge is 0.389 e. The molecule has 0 radical (unpaired) electrons. The van der Waals surface area contributed by atoms with Crippen molar-refractivity contribution in [1.82, 2.24) is 5.32 Å². The zero-order valence-corrected chi connectivity index (χ0v) is 11.6. The number of rotatable bonds is 5. The number of anilines is 1. The van der Waals surface area contributed by atoms with Gasteiger partial charge in [0, 0.05) is 12.2 Å². The van der Waals surface area contributed by atoms with Crippen LogP contribution in [0, 0.1) is 5.41 Å². The quantitative estimate of drug-likeness (QED) is 0.763. The van der Waals surface area contributed by atoms with Crippen molar-refractivity contribution in [2.75, 3.05) is 11.9 Å². The van der Waals surface area contributed by atoms with E-state index < -0.39 is 6.10 Å². The molecule has 4 heteroatoms. The topological polar surface area (TPSA) is 61.4 Å². The second-order valence-corrected chi connectivity index (χ2v) is 5.46. The molecular weight excluding hydrogens is 240 g/mol. The summed E-state index contributed by atoms with van der Waals surface area (Å²) in [5.74, 6) is 0. The van der Waals surface area contributed by atoms with Crippen molar-refractivity contribution < 1.29 is 9.90 Å². The average Bonchev–Trinajstić information content (AvgIpc) is 3.17. The van der Waals surface area contributed by atoms with Crippen LogP contribution in [-0.2, 0) is 0 Å². The second-order valence-electron chi connectivity index (χ2n) is 5.46. The Morgan fingerprint density at radius 2 is 2.21 bits per heavy atom. The number of carbonyl (C=O) groups excluding carboxylic acids is 1. The minimum absolute atomic E-state index is 0.178. The molecule has 1 saturated carbocycles. The first-order chi connectivity index (χ1) is 9.04. The monoisotopic (exact) mass is 262 g/mol. The van der Waals surface area contributed by atoms with Crippen LogP contribution in [0.3, 0.4) is 0 Å². The van der Waals surface area contributed by atoms with Gasteiger partial charge in [-0.1, -0.05) is 19.1 Å². The number of aliphatic hydroxyl groups excluding tert-OH is 1. The Kier molecular flexibility index (Phi) is 4.10. The highest BCUT2D eigenvalue weighted by Crippen LogP contribution is 2.47. The smallest absolute Gasteiger partial charge is 0.319 e. The number of hydrogen-bond acceptors (Lipinski definition) is 2. The summed E-state index contributed by atoms with van der Waals surface area (Å²) in [6.45, 7) is 4.61. The summed E-state index contributed by atoms with van der Waals surface area (Å²) < 4.78 is 0. The van der Waals surface area contributed by atoms with Gasteiger partial charge in [-0.15, -0.1) is 0 Å². The summed E-state index contributed by atoms with van der Waals surface area (Å²) >= 11 is 0. The number of benzene rings is 1. The van der Waals surface area contributed by atoms with Gasteiger partial charge in [0.25, 0.3) is 0 Å². The summed E-state index contributed by atoms with van der Waals surface area (Å²) in [5, 5.41) is 15.2. The molecule has 1 fully saturated rings. The number of nitrogens with one attached hydrogen (secondary N) is 2. The van der Waals surface area contributed by atoms with Gasteiger partial charge in [0.1, 0.15) is 0 Å². The third-order valence-corrected chi connectivity index (χ3v) is 3.96. The number of carbonyl (C=O) groups is 1. The van der Waals surface area contributed by atoms with E-state index in [9.17, 15) is 9.90 Å². The molecule has 1 aliphatic rings. The van der Waals surface area contributed by atoms with Gasteiger partial charge in [-0.25, -0.2) is 4.79 Å². The molecule has 0 aliphatic heterocycles. The molecule has 1 atom stereocenters. The third-order valence-electron chi connectivity index (χ3n) is 3.96. The second kappa shape index (κ2) is 5.61. The van der Waals surface area contributed by atoms with E-state index in [1.807, 2.05) is 18.2 Å². The average molecular weight is 262 g/mol. The molecule has 0 saturated heterocycles. The molecule has 0 bridgehead atoms. The summed E-state index contributed by atoms with van der Waals surface area (Å²) in [4.78, 5) is 11.8. The Morgan fingerprint density at radius 3 is 2.79 bits per heavy atom. The van der Waals surface area contributed by atoms with Crippen molar-refractivity contribution in [3.05, 3.63) is 29.8 Å². The molecule has 0 heterocycles. The lowest BCUT2D eigenvalue weighted by Crippen LogP contribution is -2.33. The molecule has 3 N–H and O–H groups in total. The maximum Gasteiger partial charge on any atom is 0.319 e. The highest BCUT2D eigenvalue weighted by atomic mass is 16.3. The fourth-order valence-electron chi connectivity index (χ4n) is 2.15. The van der Waals surface area contributed by atoms with Gasteiger partial charge in [-0.2, -0.15) is 0 Å². The van der Waals surface area contributed by atoms with Crippen LogP contribution in [0.5, 0.6) is 0 Å². The van der Waals surface area contributed by atoms with E-state index in [-0.39, 0.29) is 6.03 Å². The molecular formula is C15H22N2O2. The van der Waals surface area contributed by atoms with Gasteiger partial charge >= 0.3 is 6.03 Å². The summed E-state index contributed by atoms with van der Waals surface area (Å²) in [7, 11) is 0. The fourth-order valence-corrected chi connectivity index (χ4v) is 2.15. The van der Waals surface area contributed by atoms with Crippen LogP contribution in [0.1, 0.15) is 44.8 Å². The van der Waals surface area contributed by atoms with Crippen molar-refractivity contribution in [3.63, 3.8) is 0 Å². The van der Waals surface area contributed by atoms with Crippen LogP contribution >= 0.6 is 0 Å². The zero-order valence-electron chi connectivity index (χ0n) is 11.6. The van der Waals surface area contributed by atoms with Gasteiger partial charge in [0.05, 0.1) is 6.10 Å². The van der Waals surface area contributed by atoms with Crippen LogP contribution in [0.25, 0.3) is 0 Å². The molecule has 0 spiro atoms. The molecule has 1 unspecified atom stereocenters. The Balaban J connectivity index is 1.86. The predicted octanol–water partition coefficient (Wildman–Crippen LogP) is 3.05. The van der Waals surface area contributed by atoms with Crippen LogP contribution < -0.4 is 10.6 Å². The maximum atomic E-state index is 11.8. The number of urea groups is 1. The molecule has 2 rings (SSSR count). The highest BCUT2D eigenvalue weighted by molar-refractivity contribution is 5.89. The predicted molar refractivity (Wildman–Crippen MR) is 76.1 cm³/mol. The Bertz CT molecular complexity index is 453. The van der Waals surface area contributed by atoms with Gasteiger partial charge in [0.15, 0.2) is 0 Å². The molecule has 104 valence electrons. The summed E-state index contributed by atoms with van der Waals surface area (Å²) in [6.07, 6.45) is 3.01. The normalized spacial score (nSPS) is 17.6. The Hall–Kier alpha value is -1.55. The Labute approximate surface area is 114 Å². The molecule has 19 heavy (non-hydrogen) atoms. The van der Waals surface area contributed by atoms with Crippen molar-refractivity contribution in [1.29, 1.82) is 0 Å². The number of amides is 2. The minimum atomic E-state index is -0.528. The third kappa shape index (κ3) is 3.70. The van der Waals surface area contributed by atoms with Crippen LogP contribution in [0.15, 0.2) is 24.3 Å². The highest BCUT2D eigenvalue weighted by Gasteiger charge is 2.40. The van der Waals surface area contributed by atoms with Gasteiger partial charge < -0.3 is 15.7 Å². The van der Waals surface area contributed by atoms with Crippen molar-refractivity contribution in [2.24, 2.45) is 5.41 Å². The van der Waals surface area contributed by atoms with Crippen LogP contribution in [0.4, 0.5) is 10.5 Å². The Morgan fingerprint density at radius 1 is 1.47 bits per heavy atom. The van der Waals surface area contributed by atoms with E-state index in [1.165, 1.54) is 12.8 Å². The van der Waals surface area contributed by atoms with Crippen LogP contribution in [-0.4, -0.2) is 17.7 Å². The first-order valence-corrected chi connectivity index (χ1v) is 6.87. The fraction of sp³-hybridized carbons (Fsp3) is 0.533. The molecule has 1 aliphatic carbocycles. The van der Waals surface area contributed by atoms with Crippen LogP contribution in [0.2, 0.25) is 0 Å². The molecule has 1 aromatic carbocycles. The van der Waals surface area contributed by atoms with Crippen molar-refractivity contribution in [3.8, 4) is 0 Å².